The second kappa shape index (κ2) is 5.41. The SMILES string of the molecule is CCNc1nc(Cl)nc(N(C#N)C(C2CC2)C2CC2)n1. The highest BCUT2D eigenvalue weighted by Crippen LogP contribution is 2.47. The monoisotopic (exact) mass is 292 g/mol. The van der Waals surface area contributed by atoms with E-state index in [4.69, 9.17) is 11.6 Å². The van der Waals surface area contributed by atoms with Crippen molar-refractivity contribution in [3.63, 3.8) is 0 Å². The molecule has 2 saturated carbocycles. The van der Waals surface area contributed by atoms with E-state index in [1.54, 1.807) is 4.90 Å². The first-order valence-corrected chi connectivity index (χ1v) is 7.45. The zero-order valence-corrected chi connectivity index (χ0v) is 12.1. The largest absolute Gasteiger partial charge is 0.354 e. The minimum atomic E-state index is 0.122. The van der Waals surface area contributed by atoms with Gasteiger partial charge in [0.2, 0.25) is 17.2 Å². The highest BCUT2D eigenvalue weighted by atomic mass is 35.5. The van der Waals surface area contributed by atoms with Crippen molar-refractivity contribution in [2.45, 2.75) is 38.6 Å². The molecule has 1 heterocycles. The molecular weight excluding hydrogens is 276 g/mol. The van der Waals surface area contributed by atoms with Crippen LogP contribution in [-0.2, 0) is 0 Å². The summed E-state index contributed by atoms with van der Waals surface area (Å²) in [5.41, 5.74) is 0. The number of rotatable bonds is 6. The summed E-state index contributed by atoms with van der Waals surface area (Å²) in [5.74, 6) is 1.99. The van der Waals surface area contributed by atoms with E-state index in [1.165, 1.54) is 25.7 Å². The lowest BCUT2D eigenvalue weighted by molar-refractivity contribution is 0.512. The molecular formula is C13H17ClN6. The van der Waals surface area contributed by atoms with Crippen LogP contribution in [0.2, 0.25) is 5.28 Å². The van der Waals surface area contributed by atoms with Crippen molar-refractivity contribution >= 4 is 23.5 Å². The Balaban J connectivity index is 1.89. The average Bonchev–Trinajstić information content (AvgIpc) is 3.28. The van der Waals surface area contributed by atoms with Crippen LogP contribution >= 0.6 is 11.6 Å². The predicted molar refractivity (Wildman–Crippen MR) is 76.3 cm³/mol. The van der Waals surface area contributed by atoms with Crippen LogP contribution in [0.5, 0.6) is 0 Å². The van der Waals surface area contributed by atoms with Crippen molar-refractivity contribution in [2.75, 3.05) is 16.8 Å². The van der Waals surface area contributed by atoms with Crippen LogP contribution in [0.1, 0.15) is 32.6 Å². The van der Waals surface area contributed by atoms with Crippen molar-refractivity contribution in [2.24, 2.45) is 11.8 Å². The van der Waals surface area contributed by atoms with Crippen LogP contribution in [0.15, 0.2) is 0 Å². The van der Waals surface area contributed by atoms with Crippen molar-refractivity contribution in [1.82, 2.24) is 15.0 Å². The van der Waals surface area contributed by atoms with Gasteiger partial charge in [0.15, 0.2) is 6.19 Å². The standard InChI is InChI=1S/C13H17ClN6/c1-2-16-12-17-11(14)18-13(19-12)20(7-15)10(8-3-4-8)9-5-6-9/h8-10H,2-6H2,1H3,(H,16,17,18,19). The Morgan fingerprint density at radius 3 is 2.45 bits per heavy atom. The second-order valence-electron chi connectivity index (χ2n) is 5.39. The van der Waals surface area contributed by atoms with Crippen LogP contribution in [0.4, 0.5) is 11.9 Å². The van der Waals surface area contributed by atoms with E-state index in [-0.39, 0.29) is 11.3 Å². The molecule has 1 aromatic rings. The number of anilines is 2. The fraction of sp³-hybridized carbons (Fsp3) is 0.692. The Bertz CT molecular complexity index is 522. The van der Waals surface area contributed by atoms with Crippen LogP contribution in [0.3, 0.4) is 0 Å². The lowest BCUT2D eigenvalue weighted by Gasteiger charge is -2.25. The van der Waals surface area contributed by atoms with Crippen LogP contribution in [0, 0.1) is 23.3 Å². The maximum atomic E-state index is 9.53. The number of aromatic nitrogens is 3. The predicted octanol–water partition coefficient (Wildman–Crippen LogP) is 2.43. The van der Waals surface area contributed by atoms with Crippen molar-refractivity contribution < 1.29 is 0 Å². The first-order chi connectivity index (χ1) is 9.72. The minimum Gasteiger partial charge on any atom is -0.354 e. The van der Waals surface area contributed by atoms with Gasteiger partial charge < -0.3 is 5.32 Å². The summed E-state index contributed by atoms with van der Waals surface area (Å²) >= 11 is 5.94. The molecule has 6 nitrogen and oxygen atoms in total. The van der Waals surface area contributed by atoms with Gasteiger partial charge in [-0.05, 0) is 56.0 Å². The third-order valence-corrected chi connectivity index (χ3v) is 3.93. The molecule has 0 unspecified atom stereocenters. The Morgan fingerprint density at radius 2 is 1.95 bits per heavy atom. The van der Waals surface area contributed by atoms with Gasteiger partial charge in [-0.3, -0.25) is 0 Å². The van der Waals surface area contributed by atoms with Gasteiger partial charge in [0.1, 0.15) is 0 Å². The first-order valence-electron chi connectivity index (χ1n) is 7.07. The molecule has 0 saturated heterocycles. The van der Waals surface area contributed by atoms with Crippen LogP contribution in [0.25, 0.3) is 0 Å². The molecule has 2 aliphatic carbocycles. The zero-order chi connectivity index (χ0) is 14.1. The zero-order valence-electron chi connectivity index (χ0n) is 11.4. The smallest absolute Gasteiger partial charge is 0.245 e. The van der Waals surface area contributed by atoms with E-state index < -0.39 is 0 Å². The van der Waals surface area contributed by atoms with E-state index in [2.05, 4.69) is 26.5 Å². The number of halogens is 1. The first kappa shape index (κ1) is 13.4. The molecule has 0 atom stereocenters. The molecule has 3 rings (SSSR count). The number of hydrogen-bond acceptors (Lipinski definition) is 6. The molecule has 2 fully saturated rings. The Morgan fingerprint density at radius 1 is 1.30 bits per heavy atom. The molecule has 0 amide bonds. The highest BCUT2D eigenvalue weighted by molar-refractivity contribution is 6.28. The fourth-order valence-corrected chi connectivity index (χ4v) is 2.77. The van der Waals surface area contributed by atoms with Gasteiger partial charge >= 0.3 is 0 Å². The van der Waals surface area contributed by atoms with Gasteiger partial charge in [-0.1, -0.05) is 0 Å². The van der Waals surface area contributed by atoms with Gasteiger partial charge in [-0.25, -0.2) is 4.90 Å². The van der Waals surface area contributed by atoms with Gasteiger partial charge in [0, 0.05) is 6.54 Å². The van der Waals surface area contributed by atoms with Gasteiger partial charge in [-0.15, -0.1) is 0 Å². The summed E-state index contributed by atoms with van der Waals surface area (Å²) in [6.45, 7) is 2.65. The Kier molecular flexibility index (Phi) is 3.62. The number of nitrogens with zero attached hydrogens (tertiary/aromatic N) is 5. The second-order valence-corrected chi connectivity index (χ2v) is 5.73. The average molecular weight is 293 g/mol. The summed E-state index contributed by atoms with van der Waals surface area (Å²) in [5, 5.41) is 12.7. The molecule has 2 aliphatic rings. The Labute approximate surface area is 123 Å². The Hall–Kier alpha value is -1.61. The van der Waals surface area contributed by atoms with Crippen molar-refractivity contribution in [3.8, 4) is 6.19 Å². The molecule has 0 aliphatic heterocycles. The van der Waals surface area contributed by atoms with Crippen molar-refractivity contribution in [3.05, 3.63) is 5.28 Å². The molecule has 7 heteroatoms. The molecule has 0 aromatic carbocycles. The third-order valence-electron chi connectivity index (χ3n) is 3.76. The molecule has 0 radical (unpaired) electrons. The van der Waals surface area contributed by atoms with Crippen LogP contribution in [-0.4, -0.2) is 27.5 Å². The molecule has 1 aromatic heterocycles. The maximum absolute atomic E-state index is 9.53. The summed E-state index contributed by atoms with van der Waals surface area (Å²) in [6, 6.07) is 0.230. The number of nitrogens with one attached hydrogen (secondary N) is 1. The summed E-state index contributed by atoms with van der Waals surface area (Å²) in [4.78, 5) is 14.1. The van der Waals surface area contributed by atoms with Crippen molar-refractivity contribution in [1.29, 1.82) is 5.26 Å². The highest BCUT2D eigenvalue weighted by Gasteiger charge is 2.46. The van der Waals surface area contributed by atoms with E-state index in [0.29, 0.717) is 30.3 Å². The molecule has 106 valence electrons. The van der Waals surface area contributed by atoms with E-state index >= 15 is 0 Å². The van der Waals surface area contributed by atoms with Gasteiger partial charge in [0.25, 0.3) is 0 Å². The quantitative estimate of drug-likeness (QED) is 0.641. The topological polar surface area (TPSA) is 77.7 Å². The molecule has 0 bridgehead atoms. The summed E-state index contributed by atoms with van der Waals surface area (Å²) in [7, 11) is 0. The minimum absolute atomic E-state index is 0.122. The van der Waals surface area contributed by atoms with Gasteiger partial charge in [0.05, 0.1) is 6.04 Å². The van der Waals surface area contributed by atoms with Crippen LogP contribution < -0.4 is 10.2 Å². The maximum Gasteiger partial charge on any atom is 0.245 e. The number of hydrogen-bond donors (Lipinski definition) is 1. The van der Waals surface area contributed by atoms with E-state index in [9.17, 15) is 5.26 Å². The normalized spacial score (nSPS) is 17.9. The van der Waals surface area contributed by atoms with E-state index in [1.807, 2.05) is 6.92 Å². The summed E-state index contributed by atoms with van der Waals surface area (Å²) < 4.78 is 0. The molecule has 0 spiro atoms. The van der Waals surface area contributed by atoms with E-state index in [0.717, 1.165) is 0 Å². The fourth-order valence-electron chi connectivity index (χ4n) is 2.61. The summed E-state index contributed by atoms with van der Waals surface area (Å²) in [6.07, 6.45) is 7.02. The lowest BCUT2D eigenvalue weighted by atomic mass is 10.1. The third kappa shape index (κ3) is 2.78. The lowest BCUT2D eigenvalue weighted by Crippen LogP contribution is -2.36. The molecule has 20 heavy (non-hydrogen) atoms. The number of nitriles is 1. The van der Waals surface area contributed by atoms with Gasteiger partial charge in [-0.2, -0.15) is 20.2 Å². The molecule has 1 N–H and O–H groups in total.